The standard InChI is InChI=1S/C15H19NO4/c1-10-6-16(7-11(2)20-10)8-13(17)12-3-4-14-15(5-12)19-9-18-14/h3-5,10-11H,6-9H2,1-2H3/t10-,11+. The molecular formula is C15H19NO4. The number of carbonyl (C=O) groups excluding carboxylic acids is 1. The molecule has 2 heterocycles. The summed E-state index contributed by atoms with van der Waals surface area (Å²) in [5.41, 5.74) is 0.668. The van der Waals surface area contributed by atoms with E-state index in [1.54, 1.807) is 18.2 Å². The first kappa shape index (κ1) is 13.4. The molecule has 5 heteroatoms. The molecule has 0 unspecified atom stereocenters. The lowest BCUT2D eigenvalue weighted by molar-refractivity contribution is -0.0652. The highest BCUT2D eigenvalue weighted by Gasteiger charge is 2.24. The minimum atomic E-state index is 0.101. The Morgan fingerprint density at radius 3 is 2.65 bits per heavy atom. The number of hydrogen-bond acceptors (Lipinski definition) is 5. The van der Waals surface area contributed by atoms with E-state index in [2.05, 4.69) is 4.90 Å². The van der Waals surface area contributed by atoms with E-state index in [1.807, 2.05) is 13.8 Å². The van der Waals surface area contributed by atoms with Crippen LogP contribution in [-0.2, 0) is 4.74 Å². The van der Waals surface area contributed by atoms with Gasteiger partial charge in [-0.15, -0.1) is 0 Å². The number of rotatable bonds is 3. The van der Waals surface area contributed by atoms with Crippen molar-refractivity contribution in [2.24, 2.45) is 0 Å². The summed E-state index contributed by atoms with van der Waals surface area (Å²) in [7, 11) is 0. The van der Waals surface area contributed by atoms with Crippen molar-refractivity contribution in [3.8, 4) is 11.5 Å². The van der Waals surface area contributed by atoms with Crippen LogP contribution in [0.1, 0.15) is 24.2 Å². The molecule has 1 fully saturated rings. The predicted octanol–water partition coefficient (Wildman–Crippen LogP) is 1.71. The molecule has 0 bridgehead atoms. The molecule has 2 aliphatic heterocycles. The molecule has 1 saturated heterocycles. The van der Waals surface area contributed by atoms with Gasteiger partial charge in [-0.2, -0.15) is 0 Å². The van der Waals surface area contributed by atoms with E-state index in [1.165, 1.54) is 0 Å². The summed E-state index contributed by atoms with van der Waals surface area (Å²) < 4.78 is 16.2. The molecule has 0 spiro atoms. The summed E-state index contributed by atoms with van der Waals surface area (Å²) in [6.45, 7) is 6.30. The van der Waals surface area contributed by atoms with Gasteiger partial charge in [0.1, 0.15) is 0 Å². The van der Waals surface area contributed by atoms with Gasteiger partial charge in [-0.05, 0) is 32.0 Å². The Labute approximate surface area is 118 Å². The minimum absolute atomic E-state index is 0.101. The molecule has 0 amide bonds. The van der Waals surface area contributed by atoms with Gasteiger partial charge >= 0.3 is 0 Å². The van der Waals surface area contributed by atoms with E-state index in [0.29, 0.717) is 23.6 Å². The number of ether oxygens (including phenoxy) is 3. The van der Waals surface area contributed by atoms with E-state index in [0.717, 1.165) is 13.1 Å². The number of ketones is 1. The van der Waals surface area contributed by atoms with Crippen molar-refractivity contribution in [3.63, 3.8) is 0 Å². The highest BCUT2D eigenvalue weighted by Crippen LogP contribution is 2.32. The topological polar surface area (TPSA) is 48.0 Å². The third-order valence-corrected chi connectivity index (χ3v) is 3.56. The Bertz CT molecular complexity index is 507. The van der Waals surface area contributed by atoms with Gasteiger partial charge in [0.25, 0.3) is 0 Å². The van der Waals surface area contributed by atoms with Crippen molar-refractivity contribution < 1.29 is 19.0 Å². The smallest absolute Gasteiger partial charge is 0.231 e. The maximum Gasteiger partial charge on any atom is 0.231 e. The summed E-state index contributed by atoms with van der Waals surface area (Å²) >= 11 is 0. The van der Waals surface area contributed by atoms with Crippen LogP contribution >= 0.6 is 0 Å². The quantitative estimate of drug-likeness (QED) is 0.787. The predicted molar refractivity (Wildman–Crippen MR) is 73.3 cm³/mol. The molecule has 0 aromatic heterocycles. The van der Waals surface area contributed by atoms with Crippen molar-refractivity contribution in [1.29, 1.82) is 0 Å². The second kappa shape index (κ2) is 5.42. The fraction of sp³-hybridized carbons (Fsp3) is 0.533. The van der Waals surface area contributed by atoms with Gasteiger partial charge in [0.2, 0.25) is 6.79 Å². The van der Waals surface area contributed by atoms with E-state index < -0.39 is 0 Å². The molecule has 2 aliphatic rings. The molecular weight excluding hydrogens is 258 g/mol. The first-order valence-corrected chi connectivity index (χ1v) is 6.92. The Morgan fingerprint density at radius 1 is 1.20 bits per heavy atom. The first-order valence-electron chi connectivity index (χ1n) is 6.92. The third-order valence-electron chi connectivity index (χ3n) is 3.56. The second-order valence-corrected chi connectivity index (χ2v) is 5.44. The lowest BCUT2D eigenvalue weighted by Gasteiger charge is -2.34. The summed E-state index contributed by atoms with van der Waals surface area (Å²) in [5, 5.41) is 0. The Morgan fingerprint density at radius 2 is 1.90 bits per heavy atom. The van der Waals surface area contributed by atoms with Crippen LogP contribution in [0.3, 0.4) is 0 Å². The molecule has 3 rings (SSSR count). The number of fused-ring (bicyclic) bond motifs is 1. The van der Waals surface area contributed by atoms with Gasteiger partial charge in [0.15, 0.2) is 17.3 Å². The zero-order valence-electron chi connectivity index (χ0n) is 11.8. The summed E-state index contributed by atoms with van der Waals surface area (Å²) in [6.07, 6.45) is 0.339. The Balaban J connectivity index is 1.67. The van der Waals surface area contributed by atoms with Crippen LogP contribution in [0.25, 0.3) is 0 Å². The molecule has 2 atom stereocenters. The van der Waals surface area contributed by atoms with Crippen molar-refractivity contribution in [3.05, 3.63) is 23.8 Å². The van der Waals surface area contributed by atoms with E-state index in [4.69, 9.17) is 14.2 Å². The first-order chi connectivity index (χ1) is 9.61. The number of hydrogen-bond donors (Lipinski definition) is 0. The van der Waals surface area contributed by atoms with E-state index in [-0.39, 0.29) is 24.8 Å². The fourth-order valence-electron chi connectivity index (χ4n) is 2.78. The monoisotopic (exact) mass is 277 g/mol. The lowest BCUT2D eigenvalue weighted by Crippen LogP contribution is -2.47. The van der Waals surface area contributed by atoms with Crippen LogP contribution in [0.15, 0.2) is 18.2 Å². The molecule has 20 heavy (non-hydrogen) atoms. The molecule has 1 aromatic rings. The SMILES string of the molecule is C[C@@H]1CN(CC(=O)c2ccc3c(c2)OCO3)C[C@H](C)O1. The van der Waals surface area contributed by atoms with Crippen LogP contribution in [0.5, 0.6) is 11.5 Å². The van der Waals surface area contributed by atoms with Gasteiger partial charge in [-0.25, -0.2) is 0 Å². The van der Waals surface area contributed by atoms with Crippen molar-refractivity contribution in [1.82, 2.24) is 4.90 Å². The van der Waals surface area contributed by atoms with Crippen molar-refractivity contribution in [2.75, 3.05) is 26.4 Å². The zero-order chi connectivity index (χ0) is 14.1. The fourth-order valence-corrected chi connectivity index (χ4v) is 2.78. The Kier molecular flexibility index (Phi) is 3.63. The van der Waals surface area contributed by atoms with Gasteiger partial charge in [-0.3, -0.25) is 9.69 Å². The van der Waals surface area contributed by atoms with Gasteiger partial charge in [-0.1, -0.05) is 0 Å². The van der Waals surface area contributed by atoms with Crippen LogP contribution < -0.4 is 9.47 Å². The highest BCUT2D eigenvalue weighted by atomic mass is 16.7. The number of nitrogens with zero attached hydrogens (tertiary/aromatic N) is 1. The molecule has 0 radical (unpaired) electrons. The molecule has 0 N–H and O–H groups in total. The van der Waals surface area contributed by atoms with Gasteiger partial charge < -0.3 is 14.2 Å². The third kappa shape index (κ3) is 2.78. The normalized spacial score (nSPS) is 25.7. The second-order valence-electron chi connectivity index (χ2n) is 5.44. The largest absolute Gasteiger partial charge is 0.454 e. The van der Waals surface area contributed by atoms with Crippen LogP contribution in [0.4, 0.5) is 0 Å². The van der Waals surface area contributed by atoms with E-state index >= 15 is 0 Å². The number of morpholine rings is 1. The Hall–Kier alpha value is -1.59. The van der Waals surface area contributed by atoms with Crippen molar-refractivity contribution in [2.45, 2.75) is 26.1 Å². The van der Waals surface area contributed by atoms with E-state index in [9.17, 15) is 4.79 Å². The van der Waals surface area contributed by atoms with Crippen LogP contribution in [0.2, 0.25) is 0 Å². The van der Waals surface area contributed by atoms with Gasteiger partial charge in [0.05, 0.1) is 18.8 Å². The molecule has 1 aromatic carbocycles. The maximum absolute atomic E-state index is 12.3. The average Bonchev–Trinajstić information content (AvgIpc) is 2.84. The van der Waals surface area contributed by atoms with Crippen LogP contribution in [-0.4, -0.2) is 49.3 Å². The summed E-state index contributed by atoms with van der Waals surface area (Å²) in [5.74, 6) is 1.46. The van der Waals surface area contributed by atoms with Crippen molar-refractivity contribution >= 4 is 5.78 Å². The lowest BCUT2D eigenvalue weighted by atomic mass is 10.1. The molecule has 0 saturated carbocycles. The zero-order valence-corrected chi connectivity index (χ0v) is 11.8. The number of carbonyl (C=O) groups is 1. The highest BCUT2D eigenvalue weighted by molar-refractivity contribution is 5.98. The van der Waals surface area contributed by atoms with Crippen LogP contribution in [0, 0.1) is 0 Å². The summed E-state index contributed by atoms with van der Waals surface area (Å²) in [6, 6.07) is 5.35. The number of benzene rings is 1. The molecule has 0 aliphatic carbocycles. The maximum atomic E-state index is 12.3. The summed E-state index contributed by atoms with van der Waals surface area (Å²) in [4.78, 5) is 14.5. The van der Waals surface area contributed by atoms with Gasteiger partial charge in [0, 0.05) is 18.7 Å². The molecule has 5 nitrogen and oxygen atoms in total. The average molecular weight is 277 g/mol. The minimum Gasteiger partial charge on any atom is -0.454 e. The number of Topliss-reactive ketones (excluding diaryl/α,β-unsaturated/α-hetero) is 1. The molecule has 108 valence electrons.